The van der Waals surface area contributed by atoms with Gasteiger partial charge < -0.3 is 0 Å². The molecule has 0 aliphatic carbocycles. The maximum absolute atomic E-state index is 13.3. The average molecular weight is 246 g/mol. The van der Waals surface area contributed by atoms with Crippen molar-refractivity contribution in [1.82, 2.24) is 0 Å². The topological polar surface area (TPSA) is 19.9 Å². The third-order valence-electron chi connectivity index (χ3n) is 1.65. The largest absolute Gasteiger partial charge is 0.230 e. The van der Waals surface area contributed by atoms with Crippen molar-refractivity contribution in [2.45, 2.75) is 25.9 Å². The minimum Gasteiger partial charge on any atom is -0.230 e. The van der Waals surface area contributed by atoms with Gasteiger partial charge in [-0.05, 0) is 41.4 Å². The third-order valence-corrected chi connectivity index (χ3v) is 2.26. The SMILES string of the molecule is CC(C)([O])Cc1cccc(Br)c1F. The van der Waals surface area contributed by atoms with E-state index in [9.17, 15) is 9.50 Å². The highest BCUT2D eigenvalue weighted by atomic mass is 79.9. The van der Waals surface area contributed by atoms with Gasteiger partial charge in [0.1, 0.15) is 11.4 Å². The van der Waals surface area contributed by atoms with Crippen molar-refractivity contribution in [3.63, 3.8) is 0 Å². The zero-order chi connectivity index (χ0) is 10.1. The first kappa shape index (κ1) is 10.7. The van der Waals surface area contributed by atoms with E-state index in [1.54, 1.807) is 32.0 Å². The maximum atomic E-state index is 13.3. The van der Waals surface area contributed by atoms with Crippen molar-refractivity contribution in [2.75, 3.05) is 0 Å². The van der Waals surface area contributed by atoms with Crippen LogP contribution in [-0.2, 0) is 11.5 Å². The molecule has 0 fully saturated rings. The predicted molar refractivity (Wildman–Crippen MR) is 52.6 cm³/mol. The Hall–Kier alpha value is -0.410. The van der Waals surface area contributed by atoms with Crippen LogP contribution in [0, 0.1) is 5.82 Å². The van der Waals surface area contributed by atoms with E-state index in [4.69, 9.17) is 0 Å². The number of benzene rings is 1. The second kappa shape index (κ2) is 3.76. The fraction of sp³-hybridized carbons (Fsp3) is 0.400. The van der Waals surface area contributed by atoms with E-state index in [0.717, 1.165) is 0 Å². The molecule has 1 aromatic carbocycles. The second-order valence-electron chi connectivity index (χ2n) is 3.65. The zero-order valence-corrected chi connectivity index (χ0v) is 9.19. The summed E-state index contributed by atoms with van der Waals surface area (Å²) in [5.74, 6) is -0.327. The van der Waals surface area contributed by atoms with Crippen LogP contribution < -0.4 is 0 Å². The summed E-state index contributed by atoms with van der Waals surface area (Å²) in [5.41, 5.74) is -0.656. The van der Waals surface area contributed by atoms with Crippen LogP contribution in [0.5, 0.6) is 0 Å². The lowest BCUT2D eigenvalue weighted by atomic mass is 9.98. The summed E-state index contributed by atoms with van der Waals surface area (Å²) in [6, 6.07) is 4.99. The Balaban J connectivity index is 2.96. The summed E-state index contributed by atoms with van der Waals surface area (Å²) >= 11 is 3.08. The van der Waals surface area contributed by atoms with Gasteiger partial charge in [-0.2, -0.15) is 0 Å². The van der Waals surface area contributed by atoms with Crippen molar-refractivity contribution in [2.24, 2.45) is 0 Å². The molecule has 1 aromatic rings. The highest BCUT2D eigenvalue weighted by Crippen LogP contribution is 2.22. The minimum atomic E-state index is -1.12. The normalized spacial score (nSPS) is 11.8. The lowest BCUT2D eigenvalue weighted by molar-refractivity contribution is 0.00410. The average Bonchev–Trinajstić information content (AvgIpc) is 1.96. The first-order valence-electron chi connectivity index (χ1n) is 4.03. The Bertz CT molecular complexity index is 304. The third kappa shape index (κ3) is 3.08. The van der Waals surface area contributed by atoms with Crippen LogP contribution in [0.3, 0.4) is 0 Å². The minimum absolute atomic E-state index is 0.207. The van der Waals surface area contributed by atoms with Crippen LogP contribution >= 0.6 is 15.9 Å². The van der Waals surface area contributed by atoms with Gasteiger partial charge in [-0.25, -0.2) is 9.50 Å². The van der Waals surface area contributed by atoms with Crippen LogP contribution in [0.1, 0.15) is 19.4 Å². The number of halogens is 2. The molecule has 0 unspecified atom stereocenters. The molecule has 0 bridgehead atoms. The number of hydrogen-bond acceptors (Lipinski definition) is 0. The molecule has 1 nitrogen and oxygen atoms in total. The molecule has 0 aliphatic rings. The number of hydrogen-bond donors (Lipinski definition) is 0. The van der Waals surface area contributed by atoms with Gasteiger partial charge in [0.2, 0.25) is 0 Å². The molecule has 13 heavy (non-hydrogen) atoms. The molecule has 0 amide bonds. The molecule has 3 heteroatoms. The summed E-state index contributed by atoms with van der Waals surface area (Å²) in [5, 5.41) is 11.4. The van der Waals surface area contributed by atoms with E-state index in [-0.39, 0.29) is 12.2 Å². The maximum Gasteiger partial charge on any atom is 0.140 e. The first-order chi connectivity index (χ1) is 5.90. The Morgan fingerprint density at radius 2 is 2.08 bits per heavy atom. The predicted octanol–water partition coefficient (Wildman–Crippen LogP) is 3.34. The monoisotopic (exact) mass is 245 g/mol. The van der Waals surface area contributed by atoms with Gasteiger partial charge in [-0.3, -0.25) is 0 Å². The molecule has 0 aliphatic heterocycles. The summed E-state index contributed by atoms with van der Waals surface area (Å²) in [6.07, 6.45) is 0.207. The van der Waals surface area contributed by atoms with Crippen molar-refractivity contribution in [3.05, 3.63) is 34.1 Å². The molecular weight excluding hydrogens is 235 g/mol. The summed E-state index contributed by atoms with van der Waals surface area (Å²) in [6.45, 7) is 3.10. The van der Waals surface area contributed by atoms with Gasteiger partial charge in [0, 0.05) is 6.42 Å². The van der Waals surface area contributed by atoms with Gasteiger partial charge in [-0.15, -0.1) is 0 Å². The van der Waals surface area contributed by atoms with Gasteiger partial charge in [0.15, 0.2) is 0 Å². The smallest absolute Gasteiger partial charge is 0.140 e. The number of rotatable bonds is 2. The Morgan fingerprint density at radius 3 is 2.62 bits per heavy atom. The van der Waals surface area contributed by atoms with E-state index in [1.165, 1.54) is 0 Å². The van der Waals surface area contributed by atoms with Gasteiger partial charge >= 0.3 is 0 Å². The van der Waals surface area contributed by atoms with Gasteiger partial charge in [0.25, 0.3) is 0 Å². The van der Waals surface area contributed by atoms with Crippen LogP contribution in [0.15, 0.2) is 22.7 Å². The lowest BCUT2D eigenvalue weighted by Crippen LogP contribution is -2.20. The van der Waals surface area contributed by atoms with Crippen molar-refractivity contribution >= 4 is 15.9 Å². The van der Waals surface area contributed by atoms with Crippen LogP contribution in [0.2, 0.25) is 0 Å². The molecule has 0 spiro atoms. The zero-order valence-electron chi connectivity index (χ0n) is 7.60. The Morgan fingerprint density at radius 1 is 1.46 bits per heavy atom. The molecule has 0 saturated heterocycles. The molecule has 0 heterocycles. The first-order valence-corrected chi connectivity index (χ1v) is 4.83. The lowest BCUT2D eigenvalue weighted by Gasteiger charge is -2.14. The van der Waals surface area contributed by atoms with E-state index >= 15 is 0 Å². The molecule has 71 valence electrons. The molecule has 0 aromatic heterocycles. The molecule has 1 radical (unpaired) electrons. The molecule has 0 saturated carbocycles. The Labute approximate surface area is 85.7 Å². The highest BCUT2D eigenvalue weighted by molar-refractivity contribution is 9.10. The van der Waals surface area contributed by atoms with E-state index in [1.807, 2.05) is 0 Å². The molecule has 1 rings (SSSR count). The standard InChI is InChI=1S/C10H11BrFO/c1-10(2,13)6-7-4-3-5-8(11)9(7)12/h3-5H,6H2,1-2H3. The highest BCUT2D eigenvalue weighted by Gasteiger charge is 2.18. The molecule has 0 N–H and O–H groups in total. The van der Waals surface area contributed by atoms with Crippen molar-refractivity contribution < 1.29 is 9.50 Å². The van der Waals surface area contributed by atoms with Crippen LogP contribution in [-0.4, -0.2) is 5.60 Å². The molecule has 0 atom stereocenters. The van der Waals surface area contributed by atoms with Crippen LogP contribution in [0.25, 0.3) is 0 Å². The summed E-state index contributed by atoms with van der Waals surface area (Å²) < 4.78 is 13.8. The summed E-state index contributed by atoms with van der Waals surface area (Å²) in [4.78, 5) is 0. The van der Waals surface area contributed by atoms with Crippen molar-refractivity contribution in [3.8, 4) is 0 Å². The van der Waals surface area contributed by atoms with Gasteiger partial charge in [0.05, 0.1) is 4.47 Å². The molecular formula is C10H11BrFO. The van der Waals surface area contributed by atoms with E-state index in [2.05, 4.69) is 15.9 Å². The van der Waals surface area contributed by atoms with Crippen molar-refractivity contribution in [1.29, 1.82) is 0 Å². The Kier molecular flexibility index (Phi) is 3.09. The van der Waals surface area contributed by atoms with Gasteiger partial charge in [-0.1, -0.05) is 12.1 Å². The van der Waals surface area contributed by atoms with E-state index < -0.39 is 5.60 Å². The van der Waals surface area contributed by atoms with Crippen LogP contribution in [0.4, 0.5) is 4.39 Å². The van der Waals surface area contributed by atoms with E-state index in [0.29, 0.717) is 10.0 Å². The fourth-order valence-corrected chi connectivity index (χ4v) is 1.55. The fourth-order valence-electron chi connectivity index (χ4n) is 1.14. The quantitative estimate of drug-likeness (QED) is 0.762. The summed E-state index contributed by atoms with van der Waals surface area (Å²) in [7, 11) is 0. The second-order valence-corrected chi connectivity index (χ2v) is 4.50.